The van der Waals surface area contributed by atoms with E-state index in [4.69, 9.17) is 4.42 Å². The van der Waals surface area contributed by atoms with Crippen molar-refractivity contribution in [1.82, 2.24) is 15.1 Å². The minimum atomic E-state index is -0.132. The van der Waals surface area contributed by atoms with E-state index < -0.39 is 0 Å². The lowest BCUT2D eigenvalue weighted by molar-refractivity contribution is -0.135. The number of nitrogens with zero attached hydrogens (tertiary/aromatic N) is 2. The molecule has 7 nitrogen and oxygen atoms in total. The fourth-order valence-electron chi connectivity index (χ4n) is 4.41. The number of piperidine rings is 1. The highest BCUT2D eigenvalue weighted by atomic mass is 16.3. The fourth-order valence-corrected chi connectivity index (χ4v) is 4.41. The zero-order chi connectivity index (χ0) is 19.8. The Morgan fingerprint density at radius 2 is 1.97 bits per heavy atom. The van der Waals surface area contributed by atoms with Gasteiger partial charge in [-0.25, -0.2) is 4.79 Å². The van der Waals surface area contributed by atoms with Gasteiger partial charge in [-0.2, -0.15) is 0 Å². The van der Waals surface area contributed by atoms with E-state index in [1.807, 2.05) is 52.3 Å². The molecule has 29 heavy (non-hydrogen) atoms. The van der Waals surface area contributed by atoms with E-state index >= 15 is 0 Å². The number of hydrogen-bond donors (Lipinski definition) is 2. The van der Waals surface area contributed by atoms with Gasteiger partial charge in [-0.3, -0.25) is 4.79 Å². The van der Waals surface area contributed by atoms with Crippen molar-refractivity contribution in [2.75, 3.05) is 38.0 Å². The zero-order valence-corrected chi connectivity index (χ0v) is 16.2. The first-order valence-electron chi connectivity index (χ1n) is 10.2. The van der Waals surface area contributed by atoms with Crippen LogP contribution in [0.2, 0.25) is 0 Å². The molecule has 0 spiro atoms. The molecular weight excluding hydrogens is 368 g/mol. The number of hydrogen-bond acceptors (Lipinski definition) is 4. The molecule has 2 fully saturated rings. The molecular formula is C22H24N4O3. The lowest BCUT2D eigenvalue weighted by Crippen LogP contribution is -2.57. The van der Waals surface area contributed by atoms with Crippen LogP contribution in [0.15, 0.2) is 46.9 Å². The number of nitrogens with one attached hydrogen (secondary N) is 2. The van der Waals surface area contributed by atoms with E-state index in [0.717, 1.165) is 41.3 Å². The second kappa shape index (κ2) is 7.40. The summed E-state index contributed by atoms with van der Waals surface area (Å²) in [5.74, 6) is 0.124. The van der Waals surface area contributed by atoms with Gasteiger partial charge in [0.2, 0.25) is 5.91 Å². The Bertz CT molecular complexity index is 1080. The van der Waals surface area contributed by atoms with Gasteiger partial charge in [0.15, 0.2) is 0 Å². The largest absolute Gasteiger partial charge is 0.456 e. The van der Waals surface area contributed by atoms with Crippen LogP contribution >= 0.6 is 0 Å². The number of amides is 3. The van der Waals surface area contributed by atoms with Crippen LogP contribution in [0.3, 0.4) is 0 Å². The van der Waals surface area contributed by atoms with E-state index in [1.54, 1.807) is 0 Å². The zero-order valence-electron chi connectivity index (χ0n) is 16.2. The Hall–Kier alpha value is -3.06. The average Bonchev–Trinajstić information content (AvgIpc) is 3.12. The van der Waals surface area contributed by atoms with Crippen LogP contribution < -0.4 is 10.6 Å². The number of furan rings is 1. The Morgan fingerprint density at radius 1 is 1.10 bits per heavy atom. The Labute approximate surface area is 168 Å². The molecule has 3 aromatic rings. The summed E-state index contributed by atoms with van der Waals surface area (Å²) in [5.41, 5.74) is 2.30. The maximum atomic E-state index is 12.9. The molecule has 2 N–H and O–H groups in total. The van der Waals surface area contributed by atoms with Crippen molar-refractivity contribution in [2.24, 2.45) is 0 Å². The van der Waals surface area contributed by atoms with Gasteiger partial charge in [0.05, 0.1) is 6.54 Å². The van der Waals surface area contributed by atoms with Gasteiger partial charge >= 0.3 is 6.03 Å². The van der Waals surface area contributed by atoms with E-state index in [2.05, 4.69) is 10.6 Å². The quantitative estimate of drug-likeness (QED) is 0.703. The molecule has 3 heterocycles. The summed E-state index contributed by atoms with van der Waals surface area (Å²) < 4.78 is 5.91. The first-order chi connectivity index (χ1) is 14.2. The van der Waals surface area contributed by atoms with Crippen molar-refractivity contribution >= 4 is 39.6 Å². The summed E-state index contributed by atoms with van der Waals surface area (Å²) >= 11 is 0. The molecule has 0 bridgehead atoms. The summed E-state index contributed by atoms with van der Waals surface area (Å²) in [7, 11) is 0. The summed E-state index contributed by atoms with van der Waals surface area (Å²) in [6.45, 7) is 3.19. The molecule has 0 radical (unpaired) electrons. The van der Waals surface area contributed by atoms with Crippen molar-refractivity contribution in [3.05, 3.63) is 42.5 Å². The maximum absolute atomic E-state index is 12.9. The Balaban J connectivity index is 1.30. The van der Waals surface area contributed by atoms with E-state index in [1.165, 1.54) is 0 Å². The number of para-hydroxylation sites is 1. The number of fused-ring (bicyclic) bond motifs is 3. The van der Waals surface area contributed by atoms with Crippen molar-refractivity contribution in [2.45, 2.75) is 18.9 Å². The third-order valence-electron chi connectivity index (χ3n) is 5.88. The second-order valence-electron chi connectivity index (χ2n) is 7.75. The summed E-state index contributed by atoms with van der Waals surface area (Å²) in [5, 5.41) is 8.20. The molecule has 2 saturated heterocycles. The second-order valence-corrected chi connectivity index (χ2v) is 7.75. The predicted octanol–water partition coefficient (Wildman–Crippen LogP) is 3.01. The maximum Gasteiger partial charge on any atom is 0.321 e. The molecule has 1 atom stereocenters. The molecule has 1 aromatic heterocycles. The molecule has 150 valence electrons. The van der Waals surface area contributed by atoms with E-state index in [-0.39, 0.29) is 18.0 Å². The van der Waals surface area contributed by atoms with Gasteiger partial charge < -0.3 is 24.9 Å². The van der Waals surface area contributed by atoms with Gasteiger partial charge in [0.25, 0.3) is 0 Å². The van der Waals surface area contributed by atoms with Crippen LogP contribution in [0, 0.1) is 0 Å². The van der Waals surface area contributed by atoms with Crippen LogP contribution in [0.5, 0.6) is 0 Å². The number of rotatable bonds is 2. The molecule has 0 aliphatic carbocycles. The first kappa shape index (κ1) is 18.0. The Kier molecular flexibility index (Phi) is 4.60. The number of piperazine rings is 1. The van der Waals surface area contributed by atoms with Gasteiger partial charge in [-0.1, -0.05) is 18.2 Å². The number of likely N-dealkylation sites (tertiary alicyclic amines) is 1. The number of carbonyl (C=O) groups excluding carboxylic acids is 2. The van der Waals surface area contributed by atoms with Crippen LogP contribution in [0.4, 0.5) is 10.5 Å². The predicted molar refractivity (Wildman–Crippen MR) is 112 cm³/mol. The highest BCUT2D eigenvalue weighted by Crippen LogP contribution is 2.30. The standard InChI is InChI=1S/C22H24N4O3/c27-21-13-23-9-11-26(21)16-4-3-10-25(14-16)22(28)24-15-7-8-18-17-5-1-2-6-19(17)29-20(18)12-15/h1-2,5-8,12,16,23H,3-4,9-11,13-14H2,(H,24,28). The normalized spacial score (nSPS) is 20.4. The molecule has 1 unspecified atom stereocenters. The van der Waals surface area contributed by atoms with Crippen LogP contribution in [0.25, 0.3) is 21.9 Å². The van der Waals surface area contributed by atoms with E-state index in [0.29, 0.717) is 31.9 Å². The minimum absolute atomic E-state index is 0.0990. The minimum Gasteiger partial charge on any atom is -0.456 e. The highest BCUT2D eigenvalue weighted by molar-refractivity contribution is 6.06. The molecule has 2 aliphatic rings. The van der Waals surface area contributed by atoms with Gasteiger partial charge in [0, 0.05) is 54.7 Å². The van der Waals surface area contributed by atoms with Gasteiger partial charge in [-0.05, 0) is 31.0 Å². The summed E-state index contributed by atoms with van der Waals surface area (Å²) in [4.78, 5) is 28.8. The number of carbonyl (C=O) groups is 2. The summed E-state index contributed by atoms with van der Waals surface area (Å²) in [6.07, 6.45) is 1.85. The Morgan fingerprint density at radius 3 is 2.86 bits per heavy atom. The molecule has 5 rings (SSSR count). The monoisotopic (exact) mass is 392 g/mol. The van der Waals surface area contributed by atoms with Crippen LogP contribution in [-0.4, -0.2) is 60.5 Å². The number of anilines is 1. The number of benzene rings is 2. The third kappa shape index (κ3) is 3.42. The SMILES string of the molecule is O=C(Nc1ccc2c(c1)oc1ccccc12)N1CCCC(N2CCNCC2=O)C1. The molecule has 2 aliphatic heterocycles. The summed E-state index contributed by atoms with van der Waals surface area (Å²) in [6, 6.07) is 13.6. The first-order valence-corrected chi connectivity index (χ1v) is 10.2. The van der Waals surface area contributed by atoms with Crippen molar-refractivity contribution in [3.8, 4) is 0 Å². The van der Waals surface area contributed by atoms with Gasteiger partial charge in [-0.15, -0.1) is 0 Å². The van der Waals surface area contributed by atoms with E-state index in [9.17, 15) is 9.59 Å². The lowest BCUT2D eigenvalue weighted by atomic mass is 10.0. The van der Waals surface area contributed by atoms with Crippen LogP contribution in [-0.2, 0) is 4.79 Å². The topological polar surface area (TPSA) is 77.8 Å². The molecule has 3 amide bonds. The lowest BCUT2D eigenvalue weighted by Gasteiger charge is -2.41. The average molecular weight is 392 g/mol. The fraction of sp³-hybridized carbons (Fsp3) is 0.364. The van der Waals surface area contributed by atoms with Crippen molar-refractivity contribution < 1.29 is 14.0 Å². The highest BCUT2D eigenvalue weighted by Gasteiger charge is 2.31. The van der Waals surface area contributed by atoms with Crippen LogP contribution in [0.1, 0.15) is 12.8 Å². The molecule has 7 heteroatoms. The smallest absolute Gasteiger partial charge is 0.321 e. The van der Waals surface area contributed by atoms with Gasteiger partial charge in [0.1, 0.15) is 11.2 Å². The third-order valence-corrected chi connectivity index (χ3v) is 5.88. The van der Waals surface area contributed by atoms with Crippen molar-refractivity contribution in [3.63, 3.8) is 0 Å². The van der Waals surface area contributed by atoms with Crippen molar-refractivity contribution in [1.29, 1.82) is 0 Å². The number of urea groups is 1. The molecule has 2 aromatic carbocycles. The molecule has 0 saturated carbocycles.